The molecule has 0 bridgehead atoms. The van der Waals surface area contributed by atoms with Crippen LogP contribution in [0.5, 0.6) is 0 Å². The summed E-state index contributed by atoms with van der Waals surface area (Å²) in [6, 6.07) is -0.717. The van der Waals surface area contributed by atoms with Gasteiger partial charge in [0.15, 0.2) is 0 Å². The molecule has 0 aromatic heterocycles. The summed E-state index contributed by atoms with van der Waals surface area (Å²) in [4.78, 5) is 22.1. The van der Waals surface area contributed by atoms with Gasteiger partial charge in [0.2, 0.25) is 0 Å². The van der Waals surface area contributed by atoms with Gasteiger partial charge in [-0.15, -0.1) is 6.42 Å². The smallest absolute Gasteiger partial charge is 0.315 e. The van der Waals surface area contributed by atoms with Crippen molar-refractivity contribution in [2.24, 2.45) is 5.92 Å². The zero-order chi connectivity index (χ0) is 13.3. The van der Waals surface area contributed by atoms with Crippen molar-refractivity contribution in [2.45, 2.75) is 39.2 Å². The Morgan fingerprint density at radius 2 is 2.06 bits per heavy atom. The molecule has 0 fully saturated rings. The molecule has 0 saturated carbocycles. The molecular formula is C12H20N2O3. The summed E-state index contributed by atoms with van der Waals surface area (Å²) >= 11 is 0. The maximum atomic E-state index is 11.4. The SMILES string of the molecule is C#CC(CCC)NC(=O)NCC(CC)C(=O)O. The third kappa shape index (κ3) is 6.46. The summed E-state index contributed by atoms with van der Waals surface area (Å²) in [5, 5.41) is 13.9. The Hall–Kier alpha value is -1.70. The summed E-state index contributed by atoms with van der Waals surface area (Å²) in [5.41, 5.74) is 0. The van der Waals surface area contributed by atoms with Crippen molar-refractivity contribution >= 4 is 12.0 Å². The van der Waals surface area contributed by atoms with Crippen LogP contribution < -0.4 is 10.6 Å². The van der Waals surface area contributed by atoms with Gasteiger partial charge in [0.05, 0.1) is 12.0 Å². The number of hydrogen-bond donors (Lipinski definition) is 3. The van der Waals surface area contributed by atoms with Crippen LogP contribution in [0.1, 0.15) is 33.1 Å². The highest BCUT2D eigenvalue weighted by molar-refractivity contribution is 5.76. The molecule has 0 heterocycles. The highest BCUT2D eigenvalue weighted by Gasteiger charge is 2.16. The molecule has 5 heteroatoms. The molecule has 0 radical (unpaired) electrons. The first-order valence-electron chi connectivity index (χ1n) is 5.78. The largest absolute Gasteiger partial charge is 0.481 e. The molecule has 0 aromatic carbocycles. The lowest BCUT2D eigenvalue weighted by Gasteiger charge is -2.15. The number of aliphatic carboxylic acids is 1. The number of rotatable bonds is 7. The van der Waals surface area contributed by atoms with Gasteiger partial charge in [-0.05, 0) is 12.8 Å². The van der Waals surface area contributed by atoms with E-state index in [1.54, 1.807) is 6.92 Å². The van der Waals surface area contributed by atoms with E-state index in [1.807, 2.05) is 6.92 Å². The highest BCUT2D eigenvalue weighted by Crippen LogP contribution is 2.00. The van der Waals surface area contributed by atoms with Crippen molar-refractivity contribution in [3.63, 3.8) is 0 Å². The molecule has 5 nitrogen and oxygen atoms in total. The van der Waals surface area contributed by atoms with E-state index >= 15 is 0 Å². The van der Waals surface area contributed by atoms with E-state index in [0.717, 1.165) is 6.42 Å². The normalized spacial score (nSPS) is 13.2. The molecule has 0 aliphatic rings. The first kappa shape index (κ1) is 15.3. The van der Waals surface area contributed by atoms with E-state index in [1.165, 1.54) is 0 Å². The Labute approximate surface area is 102 Å². The number of urea groups is 1. The van der Waals surface area contributed by atoms with E-state index in [0.29, 0.717) is 12.8 Å². The van der Waals surface area contributed by atoms with Gasteiger partial charge in [-0.25, -0.2) is 4.79 Å². The van der Waals surface area contributed by atoms with Crippen molar-refractivity contribution in [1.82, 2.24) is 10.6 Å². The molecular weight excluding hydrogens is 220 g/mol. The summed E-state index contributed by atoms with van der Waals surface area (Å²) < 4.78 is 0. The third-order valence-corrected chi connectivity index (χ3v) is 2.43. The average molecular weight is 240 g/mol. The number of carboxylic acids is 1. The van der Waals surface area contributed by atoms with E-state index in [9.17, 15) is 9.59 Å². The number of amides is 2. The topological polar surface area (TPSA) is 78.4 Å². The fourth-order valence-corrected chi connectivity index (χ4v) is 1.32. The predicted molar refractivity (Wildman–Crippen MR) is 65.5 cm³/mol. The maximum absolute atomic E-state index is 11.4. The third-order valence-electron chi connectivity index (χ3n) is 2.43. The quantitative estimate of drug-likeness (QED) is 0.585. The van der Waals surface area contributed by atoms with Gasteiger partial charge >= 0.3 is 12.0 Å². The van der Waals surface area contributed by atoms with Crippen LogP contribution in [0.15, 0.2) is 0 Å². The molecule has 2 unspecified atom stereocenters. The van der Waals surface area contributed by atoms with Gasteiger partial charge in [-0.2, -0.15) is 0 Å². The van der Waals surface area contributed by atoms with Crippen molar-refractivity contribution in [3.05, 3.63) is 0 Å². The van der Waals surface area contributed by atoms with E-state index in [-0.39, 0.29) is 12.6 Å². The van der Waals surface area contributed by atoms with Crippen molar-refractivity contribution in [1.29, 1.82) is 0 Å². The minimum absolute atomic E-state index is 0.112. The van der Waals surface area contributed by atoms with Gasteiger partial charge in [0.25, 0.3) is 0 Å². The number of hydrogen-bond acceptors (Lipinski definition) is 2. The van der Waals surface area contributed by atoms with Crippen LogP contribution in [0.2, 0.25) is 0 Å². The molecule has 96 valence electrons. The average Bonchev–Trinajstić information content (AvgIpc) is 2.28. The Morgan fingerprint density at radius 1 is 1.41 bits per heavy atom. The van der Waals surface area contributed by atoms with Crippen LogP contribution in [0.3, 0.4) is 0 Å². The van der Waals surface area contributed by atoms with Crippen LogP contribution >= 0.6 is 0 Å². The lowest BCUT2D eigenvalue weighted by Crippen LogP contribution is -2.44. The van der Waals surface area contributed by atoms with Crippen LogP contribution in [0, 0.1) is 18.3 Å². The van der Waals surface area contributed by atoms with Crippen LogP contribution in [-0.4, -0.2) is 29.7 Å². The van der Waals surface area contributed by atoms with E-state index in [4.69, 9.17) is 11.5 Å². The first-order chi connectivity index (χ1) is 8.04. The first-order valence-corrected chi connectivity index (χ1v) is 5.78. The van der Waals surface area contributed by atoms with Gasteiger partial charge < -0.3 is 15.7 Å². The van der Waals surface area contributed by atoms with Crippen molar-refractivity contribution in [3.8, 4) is 12.3 Å². The zero-order valence-electron chi connectivity index (χ0n) is 10.3. The second-order valence-corrected chi connectivity index (χ2v) is 3.81. The maximum Gasteiger partial charge on any atom is 0.315 e. The van der Waals surface area contributed by atoms with Crippen molar-refractivity contribution in [2.75, 3.05) is 6.54 Å². The lowest BCUT2D eigenvalue weighted by molar-refractivity contribution is -0.141. The van der Waals surface area contributed by atoms with Gasteiger partial charge in [-0.3, -0.25) is 4.79 Å². The summed E-state index contributed by atoms with van der Waals surface area (Å²) in [7, 11) is 0. The molecule has 17 heavy (non-hydrogen) atoms. The van der Waals surface area contributed by atoms with Gasteiger partial charge in [0, 0.05) is 6.54 Å². The summed E-state index contributed by atoms with van der Waals surface area (Å²) in [6.45, 7) is 3.85. The molecule has 0 spiro atoms. The fraction of sp³-hybridized carbons (Fsp3) is 0.667. The molecule has 0 aliphatic carbocycles. The fourth-order valence-electron chi connectivity index (χ4n) is 1.32. The van der Waals surface area contributed by atoms with Gasteiger partial charge in [0.1, 0.15) is 0 Å². The van der Waals surface area contributed by atoms with Crippen LogP contribution in [-0.2, 0) is 4.79 Å². The molecule has 0 aromatic rings. The van der Waals surface area contributed by atoms with Gasteiger partial charge in [-0.1, -0.05) is 26.2 Å². The Morgan fingerprint density at radius 3 is 2.47 bits per heavy atom. The number of carbonyl (C=O) groups is 2. The van der Waals surface area contributed by atoms with E-state index in [2.05, 4.69) is 16.6 Å². The Balaban J connectivity index is 4.01. The molecule has 0 saturated heterocycles. The number of carbonyl (C=O) groups excluding carboxylic acids is 1. The monoisotopic (exact) mass is 240 g/mol. The van der Waals surface area contributed by atoms with Crippen molar-refractivity contribution < 1.29 is 14.7 Å². The lowest BCUT2D eigenvalue weighted by atomic mass is 10.1. The summed E-state index contributed by atoms with van der Waals surface area (Å²) in [6.07, 6.45) is 7.31. The standard InChI is InChI=1S/C12H20N2O3/c1-4-7-10(6-3)14-12(17)13-8-9(5-2)11(15)16/h3,9-10H,4-5,7-8H2,1-2H3,(H,15,16)(H2,13,14,17). The molecule has 2 atom stereocenters. The van der Waals surface area contributed by atoms with E-state index < -0.39 is 17.9 Å². The second-order valence-electron chi connectivity index (χ2n) is 3.81. The minimum Gasteiger partial charge on any atom is -0.481 e. The second kappa shape index (κ2) is 8.45. The minimum atomic E-state index is -0.908. The number of terminal acetylenes is 1. The number of carboxylic acid groups (broad SMARTS) is 1. The summed E-state index contributed by atoms with van der Waals surface area (Å²) in [5.74, 6) is 1.00. The van der Waals surface area contributed by atoms with Crippen LogP contribution in [0.4, 0.5) is 4.79 Å². The Bertz CT molecular complexity index is 297. The Kier molecular flexibility index (Phi) is 7.61. The molecule has 0 aliphatic heterocycles. The zero-order valence-corrected chi connectivity index (χ0v) is 10.3. The molecule has 2 amide bonds. The van der Waals surface area contributed by atoms with Crippen LogP contribution in [0.25, 0.3) is 0 Å². The highest BCUT2D eigenvalue weighted by atomic mass is 16.4. The predicted octanol–water partition coefficient (Wildman–Crippen LogP) is 1.20. The number of nitrogens with one attached hydrogen (secondary N) is 2. The molecule has 3 N–H and O–H groups in total. The molecule has 0 rings (SSSR count).